The summed E-state index contributed by atoms with van der Waals surface area (Å²) in [6.45, 7) is 0. The smallest absolute Gasteiger partial charge is 0.261 e. The van der Waals surface area contributed by atoms with Crippen LogP contribution in [0.15, 0.2) is 137 Å². The highest BCUT2D eigenvalue weighted by atomic mass is 35.7. The summed E-state index contributed by atoms with van der Waals surface area (Å²) in [5.74, 6) is 2.08. The van der Waals surface area contributed by atoms with E-state index in [2.05, 4.69) is 4.90 Å². The maximum atomic E-state index is 11.5. The number of benzene rings is 5. The molecule has 0 atom stereocenters. The first-order valence-corrected chi connectivity index (χ1v) is 16.7. The van der Waals surface area contributed by atoms with Gasteiger partial charge >= 0.3 is 0 Å². The molecule has 5 rings (SSSR count). The molecule has 7 nitrogen and oxygen atoms in total. The summed E-state index contributed by atoms with van der Waals surface area (Å²) in [7, 11) is 3.15. The minimum absolute atomic E-state index is 0.00327. The largest absolute Gasteiger partial charge is 0.457 e. The highest BCUT2D eigenvalue weighted by molar-refractivity contribution is 8.14. The summed E-state index contributed by atoms with van der Waals surface area (Å²) in [5.41, 5.74) is 2.68. The standard InChI is InChI=1S/C30H21Cl2NO6S2/c31-40(34,35)29-18-14-27(15-19-29)38-25-10-6-23(7-11-25)33(22-4-2-1-3-5-22)24-8-12-26(13-9-24)39-28-16-20-30(21-17-28)41(32,36)37/h1-21H. The van der Waals surface area contributed by atoms with Gasteiger partial charge in [0, 0.05) is 38.4 Å². The fourth-order valence-corrected chi connectivity index (χ4v) is 5.50. The molecular weight excluding hydrogens is 605 g/mol. The predicted molar refractivity (Wildman–Crippen MR) is 160 cm³/mol. The Labute approximate surface area is 247 Å². The molecule has 41 heavy (non-hydrogen) atoms. The molecule has 0 unspecified atom stereocenters. The van der Waals surface area contributed by atoms with E-state index in [9.17, 15) is 16.8 Å². The van der Waals surface area contributed by atoms with Gasteiger partial charge in [-0.2, -0.15) is 0 Å². The average molecular weight is 627 g/mol. The number of anilines is 3. The van der Waals surface area contributed by atoms with Crippen molar-refractivity contribution in [3.05, 3.63) is 127 Å². The molecular formula is C30H21Cl2NO6S2. The van der Waals surface area contributed by atoms with Crippen LogP contribution >= 0.6 is 21.4 Å². The number of nitrogens with zero attached hydrogens (tertiary/aromatic N) is 1. The molecule has 0 heterocycles. The van der Waals surface area contributed by atoms with Crippen molar-refractivity contribution in [1.82, 2.24) is 0 Å². The maximum Gasteiger partial charge on any atom is 0.261 e. The van der Waals surface area contributed by atoms with Gasteiger partial charge in [0.1, 0.15) is 23.0 Å². The molecule has 208 valence electrons. The van der Waals surface area contributed by atoms with Gasteiger partial charge in [-0.05, 0) is 109 Å². The van der Waals surface area contributed by atoms with Gasteiger partial charge in [0.05, 0.1) is 9.79 Å². The Kier molecular flexibility index (Phi) is 8.23. The third kappa shape index (κ3) is 7.20. The van der Waals surface area contributed by atoms with Gasteiger partial charge in [-0.25, -0.2) is 16.8 Å². The minimum atomic E-state index is -3.81. The topological polar surface area (TPSA) is 90.0 Å². The van der Waals surface area contributed by atoms with Crippen molar-refractivity contribution in [3.8, 4) is 23.0 Å². The Bertz CT molecular complexity index is 1730. The average Bonchev–Trinajstić information content (AvgIpc) is 2.95. The molecule has 5 aromatic carbocycles. The fourth-order valence-electron chi connectivity index (χ4n) is 3.96. The second kappa shape index (κ2) is 11.8. The number of ether oxygens (including phenoxy) is 2. The van der Waals surface area contributed by atoms with Gasteiger partial charge in [0.15, 0.2) is 0 Å². The number of para-hydroxylation sites is 1. The molecule has 5 aromatic rings. The monoisotopic (exact) mass is 625 g/mol. The van der Waals surface area contributed by atoms with Gasteiger partial charge in [0.25, 0.3) is 18.1 Å². The van der Waals surface area contributed by atoms with Gasteiger partial charge < -0.3 is 14.4 Å². The summed E-state index contributed by atoms with van der Waals surface area (Å²) in [6.07, 6.45) is 0. The van der Waals surface area contributed by atoms with Crippen molar-refractivity contribution in [3.63, 3.8) is 0 Å². The van der Waals surface area contributed by atoms with Crippen molar-refractivity contribution in [1.29, 1.82) is 0 Å². The highest BCUT2D eigenvalue weighted by Crippen LogP contribution is 2.37. The van der Waals surface area contributed by atoms with Crippen molar-refractivity contribution < 1.29 is 26.3 Å². The van der Waals surface area contributed by atoms with Crippen molar-refractivity contribution >= 4 is 56.5 Å². The zero-order valence-corrected chi connectivity index (χ0v) is 24.2. The molecule has 0 fully saturated rings. The molecule has 0 N–H and O–H groups in total. The Hall–Kier alpha value is -4.02. The van der Waals surface area contributed by atoms with E-state index >= 15 is 0 Å². The van der Waals surface area contributed by atoms with E-state index in [-0.39, 0.29) is 9.79 Å². The van der Waals surface area contributed by atoms with Gasteiger partial charge in [0.2, 0.25) is 0 Å². The van der Waals surface area contributed by atoms with Crippen LogP contribution in [0.1, 0.15) is 0 Å². The molecule has 0 aromatic heterocycles. The van der Waals surface area contributed by atoms with Gasteiger partial charge in [-0.3, -0.25) is 0 Å². The van der Waals surface area contributed by atoms with Gasteiger partial charge in [-0.15, -0.1) is 0 Å². The molecule has 0 saturated heterocycles. The predicted octanol–water partition coefficient (Wildman–Crippen LogP) is 8.60. The molecule has 0 aliphatic heterocycles. The van der Waals surface area contributed by atoms with Crippen LogP contribution in [0.2, 0.25) is 0 Å². The number of hydrogen-bond donors (Lipinski definition) is 0. The van der Waals surface area contributed by atoms with E-state index < -0.39 is 18.1 Å². The minimum Gasteiger partial charge on any atom is -0.457 e. The molecule has 0 radical (unpaired) electrons. The first-order valence-electron chi connectivity index (χ1n) is 12.1. The van der Waals surface area contributed by atoms with Crippen LogP contribution in [0.5, 0.6) is 23.0 Å². The zero-order chi connectivity index (χ0) is 29.0. The second-order valence-corrected chi connectivity index (χ2v) is 13.8. The summed E-state index contributed by atoms with van der Waals surface area (Å²) in [4.78, 5) is 2.06. The van der Waals surface area contributed by atoms with Crippen LogP contribution in [-0.4, -0.2) is 16.8 Å². The summed E-state index contributed by atoms with van der Waals surface area (Å²) in [5, 5.41) is 0. The van der Waals surface area contributed by atoms with E-state index in [1.165, 1.54) is 48.5 Å². The molecule has 11 heteroatoms. The van der Waals surface area contributed by atoms with Crippen LogP contribution in [-0.2, 0) is 18.1 Å². The summed E-state index contributed by atoms with van der Waals surface area (Å²) >= 11 is 0. The van der Waals surface area contributed by atoms with Crippen molar-refractivity contribution in [2.45, 2.75) is 9.79 Å². The lowest BCUT2D eigenvalue weighted by atomic mass is 10.2. The normalized spacial score (nSPS) is 11.6. The third-order valence-corrected chi connectivity index (χ3v) is 8.63. The van der Waals surface area contributed by atoms with Crippen LogP contribution in [0.4, 0.5) is 17.1 Å². The fraction of sp³-hybridized carbons (Fsp3) is 0. The zero-order valence-electron chi connectivity index (χ0n) is 21.1. The highest BCUT2D eigenvalue weighted by Gasteiger charge is 2.14. The van der Waals surface area contributed by atoms with Crippen LogP contribution < -0.4 is 14.4 Å². The van der Waals surface area contributed by atoms with Crippen molar-refractivity contribution in [2.75, 3.05) is 4.90 Å². The van der Waals surface area contributed by atoms with E-state index in [4.69, 9.17) is 30.8 Å². The number of hydrogen-bond acceptors (Lipinski definition) is 7. The van der Waals surface area contributed by atoms with E-state index in [0.717, 1.165) is 17.1 Å². The first kappa shape index (κ1) is 28.5. The quantitative estimate of drug-likeness (QED) is 0.151. The van der Waals surface area contributed by atoms with Crippen LogP contribution in [0.3, 0.4) is 0 Å². The Morgan fingerprint density at radius 2 is 0.707 bits per heavy atom. The number of halogens is 2. The second-order valence-electron chi connectivity index (χ2n) is 8.68. The third-order valence-electron chi connectivity index (χ3n) is 5.89. The van der Waals surface area contributed by atoms with Crippen LogP contribution in [0, 0.1) is 0 Å². The lowest BCUT2D eigenvalue weighted by Gasteiger charge is -2.25. The Morgan fingerprint density at radius 3 is 1.02 bits per heavy atom. The summed E-state index contributed by atoms with van der Waals surface area (Å²) < 4.78 is 57.6. The maximum absolute atomic E-state index is 11.5. The van der Waals surface area contributed by atoms with Gasteiger partial charge in [-0.1, -0.05) is 18.2 Å². The molecule has 0 saturated carbocycles. The van der Waals surface area contributed by atoms with E-state index in [1.54, 1.807) is 0 Å². The molecule has 0 aliphatic carbocycles. The lowest BCUT2D eigenvalue weighted by molar-refractivity contribution is 0.482. The molecule has 0 spiro atoms. The molecule has 0 bridgehead atoms. The molecule has 0 amide bonds. The Morgan fingerprint density at radius 1 is 0.415 bits per heavy atom. The molecule has 0 aliphatic rings. The van der Waals surface area contributed by atoms with Crippen molar-refractivity contribution in [2.24, 2.45) is 0 Å². The summed E-state index contributed by atoms with van der Waals surface area (Å²) in [6, 6.07) is 36.5. The SMILES string of the molecule is O=S(=O)(Cl)c1ccc(Oc2ccc(N(c3ccccc3)c3ccc(Oc4ccc(S(=O)(=O)Cl)cc4)cc3)cc2)cc1. The van der Waals surface area contributed by atoms with E-state index in [1.807, 2.05) is 78.9 Å². The Balaban J connectivity index is 1.36. The van der Waals surface area contributed by atoms with E-state index in [0.29, 0.717) is 23.0 Å². The number of rotatable bonds is 9. The lowest BCUT2D eigenvalue weighted by Crippen LogP contribution is -2.09. The van der Waals surface area contributed by atoms with Crippen LogP contribution in [0.25, 0.3) is 0 Å². The first-order chi connectivity index (χ1) is 19.6.